The molecule has 136 valence electrons. The molecule has 0 radical (unpaired) electrons. The maximum Gasteiger partial charge on any atom is 0.251 e. The lowest BCUT2D eigenvalue weighted by molar-refractivity contribution is 0.0954. The van der Waals surface area contributed by atoms with Crippen molar-refractivity contribution in [1.82, 2.24) is 30.0 Å². The minimum absolute atomic E-state index is 0.110. The average Bonchev–Trinajstić information content (AvgIpc) is 3.13. The van der Waals surface area contributed by atoms with E-state index in [0.29, 0.717) is 17.8 Å². The van der Waals surface area contributed by atoms with Crippen LogP contribution >= 0.6 is 0 Å². The molecule has 0 saturated carbocycles. The highest BCUT2D eigenvalue weighted by Gasteiger charge is 2.14. The van der Waals surface area contributed by atoms with E-state index >= 15 is 0 Å². The van der Waals surface area contributed by atoms with Crippen LogP contribution in [0, 0.1) is 0 Å². The Bertz CT molecular complexity index is 1100. The number of carbonyl (C=O) groups is 1. The van der Waals surface area contributed by atoms with Gasteiger partial charge >= 0.3 is 0 Å². The van der Waals surface area contributed by atoms with E-state index in [-0.39, 0.29) is 11.9 Å². The van der Waals surface area contributed by atoms with Gasteiger partial charge in [-0.2, -0.15) is 0 Å². The predicted octanol–water partition coefficient (Wildman–Crippen LogP) is 2.93. The summed E-state index contributed by atoms with van der Waals surface area (Å²) in [6.07, 6.45) is 6.06. The van der Waals surface area contributed by atoms with Gasteiger partial charge in [0, 0.05) is 35.9 Å². The maximum absolute atomic E-state index is 12.6. The summed E-state index contributed by atoms with van der Waals surface area (Å²) in [6, 6.07) is 9.60. The molecule has 3 heterocycles. The number of hydrogen-bond acceptors (Lipinski definition) is 5. The highest BCUT2D eigenvalue weighted by molar-refractivity contribution is 6.05. The fraction of sp³-hybridized carbons (Fsp3) is 0.250. The van der Waals surface area contributed by atoms with Crippen LogP contribution in [0.2, 0.25) is 0 Å². The van der Waals surface area contributed by atoms with Crippen LogP contribution in [0.1, 0.15) is 35.8 Å². The van der Waals surface area contributed by atoms with Gasteiger partial charge in [0.2, 0.25) is 5.65 Å². The SMILES string of the molecule is CC(C)n1cnc2nnc3ccc(C(=O)NCCc4cccnc4)cc3c21. The third kappa shape index (κ3) is 3.36. The number of rotatable bonds is 5. The number of aromatic nitrogens is 5. The van der Waals surface area contributed by atoms with Crippen molar-refractivity contribution >= 4 is 28.0 Å². The summed E-state index contributed by atoms with van der Waals surface area (Å²) in [4.78, 5) is 21.0. The molecule has 0 bridgehead atoms. The topological polar surface area (TPSA) is 85.6 Å². The first kappa shape index (κ1) is 17.1. The molecule has 0 spiro atoms. The Kier molecular flexibility index (Phi) is 4.50. The number of pyridine rings is 1. The number of nitrogens with zero attached hydrogens (tertiary/aromatic N) is 5. The average molecular weight is 360 g/mol. The third-order valence-electron chi connectivity index (χ3n) is 4.52. The largest absolute Gasteiger partial charge is 0.352 e. The molecule has 0 saturated heterocycles. The van der Waals surface area contributed by atoms with Crippen LogP contribution in [0.3, 0.4) is 0 Å². The maximum atomic E-state index is 12.6. The Hall–Kier alpha value is -3.35. The number of hydrogen-bond donors (Lipinski definition) is 1. The van der Waals surface area contributed by atoms with E-state index in [1.807, 2.05) is 30.5 Å². The Morgan fingerprint density at radius 2 is 2.11 bits per heavy atom. The number of fused-ring (bicyclic) bond motifs is 3. The Labute approximate surface area is 156 Å². The second kappa shape index (κ2) is 7.11. The molecular formula is C20H20N6O. The van der Waals surface area contributed by atoms with Crippen LogP contribution in [0.4, 0.5) is 0 Å². The van der Waals surface area contributed by atoms with E-state index in [4.69, 9.17) is 0 Å². The Morgan fingerprint density at radius 1 is 1.22 bits per heavy atom. The molecule has 0 fully saturated rings. The summed E-state index contributed by atoms with van der Waals surface area (Å²) >= 11 is 0. The molecule has 1 aromatic carbocycles. The predicted molar refractivity (Wildman–Crippen MR) is 103 cm³/mol. The Morgan fingerprint density at radius 3 is 2.89 bits per heavy atom. The van der Waals surface area contributed by atoms with Gasteiger partial charge in [-0.3, -0.25) is 9.78 Å². The molecule has 1 N–H and O–H groups in total. The van der Waals surface area contributed by atoms with Gasteiger partial charge in [0.15, 0.2) is 0 Å². The van der Waals surface area contributed by atoms with E-state index in [2.05, 4.69) is 43.9 Å². The molecule has 0 unspecified atom stereocenters. The van der Waals surface area contributed by atoms with Gasteiger partial charge in [-0.15, -0.1) is 10.2 Å². The van der Waals surface area contributed by atoms with Crippen LogP contribution in [-0.2, 0) is 6.42 Å². The van der Waals surface area contributed by atoms with E-state index < -0.39 is 0 Å². The van der Waals surface area contributed by atoms with Crippen LogP contribution in [0.25, 0.3) is 22.1 Å². The van der Waals surface area contributed by atoms with Gasteiger partial charge in [-0.05, 0) is 50.1 Å². The van der Waals surface area contributed by atoms with E-state index in [9.17, 15) is 4.79 Å². The minimum Gasteiger partial charge on any atom is -0.352 e. The van der Waals surface area contributed by atoms with Gasteiger partial charge in [-0.25, -0.2) is 4.98 Å². The first-order chi connectivity index (χ1) is 13.1. The first-order valence-corrected chi connectivity index (χ1v) is 8.93. The molecule has 0 aliphatic rings. The van der Waals surface area contributed by atoms with Crippen molar-refractivity contribution in [1.29, 1.82) is 0 Å². The molecule has 0 aliphatic carbocycles. The van der Waals surface area contributed by atoms with Crippen molar-refractivity contribution in [3.63, 3.8) is 0 Å². The van der Waals surface area contributed by atoms with Crippen LogP contribution < -0.4 is 5.32 Å². The van der Waals surface area contributed by atoms with E-state index in [1.54, 1.807) is 18.6 Å². The van der Waals surface area contributed by atoms with Crippen LogP contribution in [-0.4, -0.2) is 37.2 Å². The second-order valence-electron chi connectivity index (χ2n) is 6.72. The lowest BCUT2D eigenvalue weighted by Gasteiger charge is -2.10. The lowest BCUT2D eigenvalue weighted by Crippen LogP contribution is -2.25. The second-order valence-corrected chi connectivity index (χ2v) is 6.72. The quantitative estimate of drug-likeness (QED) is 0.591. The molecule has 3 aromatic heterocycles. The van der Waals surface area contributed by atoms with Crippen molar-refractivity contribution in [2.45, 2.75) is 26.3 Å². The molecule has 4 aromatic rings. The summed E-state index contributed by atoms with van der Waals surface area (Å²) in [5.41, 5.74) is 3.93. The summed E-state index contributed by atoms with van der Waals surface area (Å²) in [5, 5.41) is 12.2. The zero-order valence-corrected chi connectivity index (χ0v) is 15.3. The normalized spacial score (nSPS) is 11.4. The van der Waals surface area contributed by atoms with Crippen molar-refractivity contribution in [2.75, 3.05) is 6.54 Å². The summed E-state index contributed by atoms with van der Waals surface area (Å²) < 4.78 is 2.05. The monoisotopic (exact) mass is 360 g/mol. The van der Waals surface area contributed by atoms with Gasteiger partial charge in [0.25, 0.3) is 5.91 Å². The summed E-state index contributed by atoms with van der Waals surface area (Å²) in [7, 11) is 0. The molecule has 7 heteroatoms. The highest BCUT2D eigenvalue weighted by Crippen LogP contribution is 2.25. The fourth-order valence-electron chi connectivity index (χ4n) is 3.10. The number of nitrogens with one attached hydrogen (secondary N) is 1. The first-order valence-electron chi connectivity index (χ1n) is 8.93. The van der Waals surface area contributed by atoms with Gasteiger partial charge < -0.3 is 9.88 Å². The molecule has 4 rings (SSSR count). The summed E-state index contributed by atoms with van der Waals surface area (Å²) in [6.45, 7) is 4.72. The molecule has 1 amide bonds. The smallest absolute Gasteiger partial charge is 0.251 e. The number of benzene rings is 1. The van der Waals surface area contributed by atoms with Crippen molar-refractivity contribution in [3.8, 4) is 0 Å². The molecule has 27 heavy (non-hydrogen) atoms. The summed E-state index contributed by atoms with van der Waals surface area (Å²) in [5.74, 6) is -0.110. The van der Waals surface area contributed by atoms with E-state index in [1.165, 1.54) is 0 Å². The van der Waals surface area contributed by atoms with E-state index in [0.717, 1.165) is 28.4 Å². The molecule has 7 nitrogen and oxygen atoms in total. The zero-order valence-electron chi connectivity index (χ0n) is 15.3. The number of carbonyl (C=O) groups excluding carboxylic acids is 1. The standard InChI is InChI=1S/C20H20N6O/c1-13(2)26-12-23-19-18(26)16-10-15(5-6-17(16)24-25-19)20(27)22-9-7-14-4-3-8-21-11-14/h3-6,8,10-13H,7,9H2,1-2H3,(H,22,27). The van der Waals surface area contributed by atoms with Crippen LogP contribution in [0.5, 0.6) is 0 Å². The van der Waals surface area contributed by atoms with Gasteiger partial charge in [-0.1, -0.05) is 6.07 Å². The molecule has 0 aliphatic heterocycles. The Balaban J connectivity index is 1.61. The number of imidazole rings is 1. The fourth-order valence-corrected chi connectivity index (χ4v) is 3.10. The van der Waals surface area contributed by atoms with Crippen LogP contribution in [0.15, 0.2) is 49.1 Å². The molecular weight excluding hydrogens is 340 g/mol. The van der Waals surface area contributed by atoms with Gasteiger partial charge in [0.1, 0.15) is 0 Å². The van der Waals surface area contributed by atoms with Gasteiger partial charge in [0.05, 0.1) is 17.4 Å². The highest BCUT2D eigenvalue weighted by atomic mass is 16.1. The zero-order chi connectivity index (χ0) is 18.8. The molecule has 0 atom stereocenters. The minimum atomic E-state index is -0.110. The van der Waals surface area contributed by atoms with Crippen molar-refractivity contribution in [3.05, 3.63) is 60.2 Å². The van der Waals surface area contributed by atoms with Crippen molar-refractivity contribution in [2.24, 2.45) is 0 Å². The third-order valence-corrected chi connectivity index (χ3v) is 4.52. The lowest BCUT2D eigenvalue weighted by atomic mass is 10.1. The number of amides is 1. The van der Waals surface area contributed by atoms with Crippen molar-refractivity contribution < 1.29 is 4.79 Å².